The molecule has 2 aromatic rings. The highest BCUT2D eigenvalue weighted by Gasteiger charge is 2.40. The van der Waals surface area contributed by atoms with E-state index < -0.39 is 41.8 Å². The normalized spacial score (nSPS) is 12.4. The second kappa shape index (κ2) is 10.3. The van der Waals surface area contributed by atoms with E-state index in [0.29, 0.717) is 12.1 Å². The van der Waals surface area contributed by atoms with Gasteiger partial charge in [-0.2, -0.15) is 16.8 Å². The fraction of sp³-hybridized carbons (Fsp3) is 0.238. The van der Waals surface area contributed by atoms with Crippen LogP contribution in [-0.2, 0) is 25.0 Å². The zero-order valence-electron chi connectivity index (χ0n) is 18.6. The average molecular weight is 512 g/mol. The van der Waals surface area contributed by atoms with Crippen LogP contribution in [0.1, 0.15) is 31.9 Å². The van der Waals surface area contributed by atoms with Crippen LogP contribution in [0.3, 0.4) is 0 Å². The van der Waals surface area contributed by atoms with Crippen LogP contribution >= 0.6 is 0 Å². The molecule has 3 amide bonds. The van der Waals surface area contributed by atoms with Crippen molar-refractivity contribution in [1.82, 2.24) is 5.32 Å². The SMILES string of the molecule is CCNC(=O)Nc1ccc(/C=C/c2ccc(NC(=O)C(C)(C)S(=O)(=O)O)cc2)c(S(=O)(=O)O)c1. The van der Waals surface area contributed by atoms with Crippen LogP contribution in [-0.4, -0.2) is 49.2 Å². The highest BCUT2D eigenvalue weighted by molar-refractivity contribution is 7.88. The maximum atomic E-state index is 12.2. The van der Waals surface area contributed by atoms with Crippen LogP contribution in [0.15, 0.2) is 47.4 Å². The molecule has 0 unspecified atom stereocenters. The van der Waals surface area contributed by atoms with Crippen molar-refractivity contribution < 1.29 is 35.5 Å². The Morgan fingerprint density at radius 3 is 2.03 bits per heavy atom. The molecule has 0 aliphatic rings. The van der Waals surface area contributed by atoms with E-state index >= 15 is 0 Å². The van der Waals surface area contributed by atoms with E-state index in [1.165, 1.54) is 30.3 Å². The minimum Gasteiger partial charge on any atom is -0.338 e. The van der Waals surface area contributed by atoms with Gasteiger partial charge in [-0.25, -0.2) is 4.79 Å². The Bertz CT molecular complexity index is 1320. The summed E-state index contributed by atoms with van der Waals surface area (Å²) < 4.78 is 63.1. The number of amides is 3. The van der Waals surface area contributed by atoms with Crippen LogP contribution < -0.4 is 16.0 Å². The number of nitrogens with one attached hydrogen (secondary N) is 3. The highest BCUT2D eigenvalue weighted by atomic mass is 32.2. The molecule has 0 bridgehead atoms. The lowest BCUT2D eigenvalue weighted by Gasteiger charge is -2.19. The molecule has 0 saturated heterocycles. The van der Waals surface area contributed by atoms with E-state index in [0.717, 1.165) is 19.9 Å². The van der Waals surface area contributed by atoms with Crippen molar-refractivity contribution in [3.63, 3.8) is 0 Å². The molecule has 13 heteroatoms. The number of rotatable bonds is 8. The third-order valence-electron chi connectivity index (χ3n) is 4.70. The summed E-state index contributed by atoms with van der Waals surface area (Å²) in [5, 5.41) is 7.36. The molecular formula is C21H25N3O8S2. The Morgan fingerprint density at radius 2 is 1.50 bits per heavy atom. The van der Waals surface area contributed by atoms with Crippen LogP contribution in [0.2, 0.25) is 0 Å². The van der Waals surface area contributed by atoms with E-state index in [4.69, 9.17) is 0 Å². The minimum absolute atomic E-state index is 0.163. The molecular weight excluding hydrogens is 486 g/mol. The van der Waals surface area contributed by atoms with Gasteiger partial charge in [-0.15, -0.1) is 0 Å². The van der Waals surface area contributed by atoms with E-state index in [1.807, 2.05) is 0 Å². The van der Waals surface area contributed by atoms with Crippen molar-refractivity contribution in [3.8, 4) is 0 Å². The van der Waals surface area contributed by atoms with Crippen molar-refractivity contribution in [2.24, 2.45) is 0 Å². The summed E-state index contributed by atoms with van der Waals surface area (Å²) in [6.45, 7) is 4.23. The van der Waals surface area contributed by atoms with Crippen LogP contribution in [0.4, 0.5) is 16.2 Å². The monoisotopic (exact) mass is 511 g/mol. The standard InChI is InChI=1S/C21H25N3O8S2/c1-4-22-20(26)24-17-12-9-15(18(13-17)33(27,28)29)8-5-14-6-10-16(11-7-14)23-19(25)21(2,3)34(30,31)32/h5-13H,4H2,1-3H3,(H,23,25)(H2,22,24,26)(H,27,28,29)(H,30,31,32)/b8-5+. The van der Waals surface area contributed by atoms with Gasteiger partial charge in [0.25, 0.3) is 20.2 Å². The van der Waals surface area contributed by atoms with Gasteiger partial charge in [-0.05, 0) is 56.2 Å². The molecule has 0 atom stereocenters. The second-order valence-corrected chi connectivity index (χ2v) is 11.0. The quantitative estimate of drug-likeness (QED) is 0.265. The van der Waals surface area contributed by atoms with Crippen LogP contribution in [0.25, 0.3) is 12.2 Å². The Balaban J connectivity index is 2.23. The Kier molecular flexibility index (Phi) is 8.21. The average Bonchev–Trinajstić information content (AvgIpc) is 2.72. The summed E-state index contributed by atoms with van der Waals surface area (Å²) in [6, 6.07) is 9.60. The Hall–Kier alpha value is -3.26. The summed E-state index contributed by atoms with van der Waals surface area (Å²) in [6.07, 6.45) is 2.99. The fourth-order valence-electron chi connectivity index (χ4n) is 2.57. The van der Waals surface area contributed by atoms with E-state index in [9.17, 15) is 35.5 Å². The highest BCUT2D eigenvalue weighted by Crippen LogP contribution is 2.24. The number of benzene rings is 2. The zero-order chi connectivity index (χ0) is 25.7. The van der Waals surface area contributed by atoms with Gasteiger partial charge in [0.15, 0.2) is 4.75 Å². The van der Waals surface area contributed by atoms with Gasteiger partial charge in [0.2, 0.25) is 5.91 Å². The first-order valence-electron chi connectivity index (χ1n) is 9.88. The van der Waals surface area contributed by atoms with Gasteiger partial charge in [0.1, 0.15) is 4.90 Å². The maximum absolute atomic E-state index is 12.2. The largest absolute Gasteiger partial charge is 0.338 e. The lowest BCUT2D eigenvalue weighted by Crippen LogP contribution is -2.44. The predicted octanol–water partition coefficient (Wildman–Crippen LogP) is 2.85. The van der Waals surface area contributed by atoms with E-state index in [1.54, 1.807) is 25.1 Å². The Morgan fingerprint density at radius 1 is 0.912 bits per heavy atom. The first kappa shape index (κ1) is 27.0. The number of urea groups is 1. The van der Waals surface area contributed by atoms with Gasteiger partial charge < -0.3 is 16.0 Å². The molecule has 0 spiro atoms. The second-order valence-electron chi connectivity index (χ2n) is 7.61. The van der Waals surface area contributed by atoms with Gasteiger partial charge in [0, 0.05) is 17.9 Å². The third-order valence-corrected chi connectivity index (χ3v) is 7.09. The zero-order valence-corrected chi connectivity index (χ0v) is 20.2. The number of hydrogen-bond donors (Lipinski definition) is 5. The molecule has 184 valence electrons. The van der Waals surface area contributed by atoms with Crippen LogP contribution in [0, 0.1) is 0 Å². The smallest absolute Gasteiger partial charge is 0.319 e. The fourth-order valence-corrected chi connectivity index (χ4v) is 3.57. The Labute approximate surface area is 197 Å². The van der Waals surface area contributed by atoms with Gasteiger partial charge in [-0.1, -0.05) is 30.4 Å². The van der Waals surface area contributed by atoms with E-state index in [-0.39, 0.29) is 16.9 Å². The first-order chi connectivity index (χ1) is 15.6. The van der Waals surface area contributed by atoms with Crippen molar-refractivity contribution in [2.75, 3.05) is 17.2 Å². The number of anilines is 2. The molecule has 2 rings (SSSR count). The van der Waals surface area contributed by atoms with Gasteiger partial charge >= 0.3 is 6.03 Å². The van der Waals surface area contributed by atoms with Crippen molar-refractivity contribution in [1.29, 1.82) is 0 Å². The maximum Gasteiger partial charge on any atom is 0.319 e. The topological polar surface area (TPSA) is 179 Å². The molecule has 2 aromatic carbocycles. The van der Waals surface area contributed by atoms with Gasteiger partial charge in [-0.3, -0.25) is 13.9 Å². The molecule has 0 aromatic heterocycles. The van der Waals surface area contributed by atoms with Crippen molar-refractivity contribution in [2.45, 2.75) is 30.4 Å². The van der Waals surface area contributed by atoms with E-state index in [2.05, 4.69) is 16.0 Å². The first-order valence-corrected chi connectivity index (χ1v) is 12.8. The number of carbonyl (C=O) groups excluding carboxylic acids is 2. The summed E-state index contributed by atoms with van der Waals surface area (Å²) in [7, 11) is -9.21. The predicted molar refractivity (Wildman–Crippen MR) is 129 cm³/mol. The summed E-state index contributed by atoms with van der Waals surface area (Å²) in [5.74, 6) is -0.919. The minimum atomic E-state index is -4.62. The lowest BCUT2D eigenvalue weighted by molar-refractivity contribution is -0.118. The van der Waals surface area contributed by atoms with Crippen LogP contribution in [0.5, 0.6) is 0 Å². The lowest BCUT2D eigenvalue weighted by atomic mass is 10.1. The van der Waals surface area contributed by atoms with Crippen molar-refractivity contribution in [3.05, 3.63) is 53.6 Å². The molecule has 11 nitrogen and oxygen atoms in total. The molecule has 0 fully saturated rings. The molecule has 0 aliphatic carbocycles. The third kappa shape index (κ3) is 6.87. The molecule has 0 radical (unpaired) electrons. The molecule has 34 heavy (non-hydrogen) atoms. The number of carbonyl (C=O) groups is 2. The number of hydrogen-bond acceptors (Lipinski definition) is 6. The summed E-state index contributed by atoms with van der Waals surface area (Å²) in [4.78, 5) is 23.4. The summed E-state index contributed by atoms with van der Waals surface area (Å²) >= 11 is 0. The molecule has 0 saturated carbocycles. The summed E-state index contributed by atoms with van der Waals surface area (Å²) in [5.41, 5.74) is 1.20. The van der Waals surface area contributed by atoms with Gasteiger partial charge in [0.05, 0.1) is 0 Å². The molecule has 0 aliphatic heterocycles. The molecule has 5 N–H and O–H groups in total. The van der Waals surface area contributed by atoms with Crippen molar-refractivity contribution >= 4 is 55.7 Å². The molecule has 0 heterocycles.